The van der Waals surface area contributed by atoms with Crippen molar-refractivity contribution < 1.29 is 24.0 Å². The van der Waals surface area contributed by atoms with Crippen molar-refractivity contribution in [1.29, 1.82) is 0 Å². The quantitative estimate of drug-likeness (QED) is 0.621. The molecule has 2 heterocycles. The fourth-order valence-electron chi connectivity index (χ4n) is 2.32. The summed E-state index contributed by atoms with van der Waals surface area (Å²) in [6, 6.07) is 5.88. The van der Waals surface area contributed by atoms with Gasteiger partial charge in [0.1, 0.15) is 12.1 Å². The largest absolute Gasteiger partial charge is 0.365 e. The number of nitrogens with one attached hydrogen (secondary N) is 1. The Morgan fingerprint density at radius 1 is 1.04 bits per heavy atom. The van der Waals surface area contributed by atoms with Crippen LogP contribution in [0.5, 0.6) is 0 Å². The molecule has 0 spiro atoms. The molecule has 3 rings (SSSR count). The van der Waals surface area contributed by atoms with Crippen molar-refractivity contribution in [3.63, 3.8) is 0 Å². The van der Waals surface area contributed by atoms with E-state index in [1.165, 1.54) is 12.1 Å². The number of amides is 3. The predicted octanol–water partition coefficient (Wildman–Crippen LogP) is -1.61. The fourth-order valence-corrected chi connectivity index (χ4v) is 2.32. The normalized spacial score (nSPS) is 12.8. The molecule has 0 saturated carbocycles. The van der Waals surface area contributed by atoms with E-state index in [1.807, 2.05) is 4.98 Å². The first-order valence-corrected chi connectivity index (χ1v) is 7.11. The molecule has 11 heteroatoms. The van der Waals surface area contributed by atoms with Crippen LogP contribution in [0.15, 0.2) is 40.1 Å². The maximum Gasteiger partial charge on any atom is 0.352 e. The minimum Gasteiger partial charge on any atom is -0.365 e. The van der Waals surface area contributed by atoms with Crippen molar-refractivity contribution in [3.8, 4) is 0 Å². The van der Waals surface area contributed by atoms with Crippen molar-refractivity contribution in [1.82, 2.24) is 14.6 Å². The van der Waals surface area contributed by atoms with E-state index in [2.05, 4.69) is 0 Å². The number of hydrogen-bond acceptors (Lipinski definition) is 7. The molecule has 2 aromatic rings. The van der Waals surface area contributed by atoms with Crippen LogP contribution in [0, 0.1) is 0 Å². The molecule has 0 atom stereocenters. The molecule has 1 aliphatic rings. The Morgan fingerprint density at radius 2 is 1.62 bits per heavy atom. The first-order chi connectivity index (χ1) is 12.3. The summed E-state index contributed by atoms with van der Waals surface area (Å²) < 4.78 is 0.655. The van der Waals surface area contributed by atoms with Crippen molar-refractivity contribution in [2.45, 2.75) is 6.54 Å². The second kappa shape index (κ2) is 6.12. The molecule has 0 fully saturated rings. The van der Waals surface area contributed by atoms with E-state index >= 15 is 0 Å². The number of carbonyl (C=O) groups is 4. The number of benzene rings is 1. The average Bonchev–Trinajstić information content (AvgIpc) is 2.82. The maximum absolute atomic E-state index is 12.1. The van der Waals surface area contributed by atoms with Crippen LogP contribution >= 0.6 is 0 Å². The molecule has 1 aromatic heterocycles. The Bertz CT molecular complexity index is 1050. The van der Waals surface area contributed by atoms with Gasteiger partial charge in [-0.3, -0.25) is 28.7 Å². The number of imide groups is 1. The van der Waals surface area contributed by atoms with Gasteiger partial charge in [-0.25, -0.2) is 9.59 Å². The van der Waals surface area contributed by atoms with E-state index in [0.29, 0.717) is 4.57 Å². The summed E-state index contributed by atoms with van der Waals surface area (Å²) >= 11 is 0. The molecule has 0 unspecified atom stereocenters. The van der Waals surface area contributed by atoms with Crippen LogP contribution in [0.1, 0.15) is 31.1 Å². The molecule has 3 N–H and O–H groups in total. The molecule has 3 amide bonds. The number of H-pyrrole nitrogens is 1. The first-order valence-electron chi connectivity index (χ1n) is 7.11. The summed E-state index contributed by atoms with van der Waals surface area (Å²) in [4.78, 5) is 77.0. The Hall–Kier alpha value is -4.02. The lowest BCUT2D eigenvalue weighted by Gasteiger charge is -2.13. The van der Waals surface area contributed by atoms with Gasteiger partial charge < -0.3 is 10.6 Å². The average molecular weight is 358 g/mol. The summed E-state index contributed by atoms with van der Waals surface area (Å²) in [5, 5.41) is 0.277. The zero-order valence-electron chi connectivity index (χ0n) is 12.9. The molecule has 1 aliphatic heterocycles. The highest BCUT2D eigenvalue weighted by atomic mass is 16.7. The number of nitrogens with two attached hydrogens (primary N) is 1. The molecule has 26 heavy (non-hydrogen) atoms. The number of aromatic amines is 1. The minimum absolute atomic E-state index is 0.0718. The van der Waals surface area contributed by atoms with Crippen molar-refractivity contribution >= 4 is 23.7 Å². The number of hydrogen-bond donors (Lipinski definition) is 2. The summed E-state index contributed by atoms with van der Waals surface area (Å²) in [6.07, 6.45) is 0.785. The maximum atomic E-state index is 12.1. The van der Waals surface area contributed by atoms with E-state index in [1.54, 1.807) is 12.1 Å². The molecular formula is C15H10N4O7. The second-order valence-corrected chi connectivity index (χ2v) is 5.21. The lowest BCUT2D eigenvalue weighted by atomic mass is 10.1. The molecule has 0 saturated heterocycles. The van der Waals surface area contributed by atoms with E-state index < -0.39 is 47.0 Å². The summed E-state index contributed by atoms with van der Waals surface area (Å²) in [7, 11) is 0. The zero-order chi connectivity index (χ0) is 19.0. The third-order valence-electron chi connectivity index (χ3n) is 3.53. The van der Waals surface area contributed by atoms with Gasteiger partial charge >= 0.3 is 11.7 Å². The van der Waals surface area contributed by atoms with Gasteiger partial charge in [-0.05, 0) is 12.1 Å². The third kappa shape index (κ3) is 2.77. The van der Waals surface area contributed by atoms with Gasteiger partial charge in [-0.1, -0.05) is 17.2 Å². The predicted molar refractivity (Wildman–Crippen MR) is 82.9 cm³/mol. The third-order valence-corrected chi connectivity index (χ3v) is 3.53. The van der Waals surface area contributed by atoms with Crippen LogP contribution < -0.4 is 17.0 Å². The summed E-state index contributed by atoms with van der Waals surface area (Å²) in [5.41, 5.74) is 2.59. The van der Waals surface area contributed by atoms with E-state index in [4.69, 9.17) is 10.6 Å². The van der Waals surface area contributed by atoms with Crippen LogP contribution in [-0.2, 0) is 16.2 Å². The SMILES string of the molecule is NC(=O)c1cn(CC(=O)ON2C(=O)c3ccccc3C2=O)c(=O)[nH]c1=O. The first kappa shape index (κ1) is 16.8. The van der Waals surface area contributed by atoms with E-state index in [9.17, 15) is 28.8 Å². The highest BCUT2D eigenvalue weighted by molar-refractivity contribution is 6.20. The van der Waals surface area contributed by atoms with E-state index in [-0.39, 0.29) is 16.2 Å². The number of fused-ring (bicyclic) bond motifs is 1. The molecule has 1 aromatic carbocycles. The Kier molecular flexibility index (Phi) is 3.96. The number of rotatable bonds is 4. The van der Waals surface area contributed by atoms with Crippen LogP contribution in [-0.4, -0.2) is 38.3 Å². The monoisotopic (exact) mass is 358 g/mol. The van der Waals surface area contributed by atoms with Gasteiger partial charge in [0.15, 0.2) is 0 Å². The minimum atomic E-state index is -1.15. The highest BCUT2D eigenvalue weighted by Gasteiger charge is 2.38. The summed E-state index contributed by atoms with van der Waals surface area (Å²) in [5.74, 6) is -3.91. The summed E-state index contributed by atoms with van der Waals surface area (Å²) in [6.45, 7) is -0.775. The zero-order valence-corrected chi connectivity index (χ0v) is 12.9. The molecule has 0 radical (unpaired) electrons. The van der Waals surface area contributed by atoms with Gasteiger partial charge in [0.2, 0.25) is 0 Å². The number of carbonyl (C=O) groups excluding carboxylic acids is 4. The molecule has 0 bridgehead atoms. The highest BCUT2D eigenvalue weighted by Crippen LogP contribution is 2.22. The van der Waals surface area contributed by atoms with Crippen molar-refractivity contribution in [2.75, 3.05) is 0 Å². The smallest absolute Gasteiger partial charge is 0.352 e. The Labute approximate surface area is 143 Å². The topological polar surface area (TPSA) is 162 Å². The van der Waals surface area contributed by atoms with Gasteiger partial charge in [-0.15, -0.1) is 0 Å². The number of nitrogens with zero attached hydrogens (tertiary/aromatic N) is 2. The number of hydroxylamine groups is 2. The Morgan fingerprint density at radius 3 is 2.15 bits per heavy atom. The van der Waals surface area contributed by atoms with Crippen molar-refractivity contribution in [2.24, 2.45) is 5.73 Å². The molecule has 11 nitrogen and oxygen atoms in total. The fraction of sp³-hybridized carbons (Fsp3) is 0.0667. The standard InChI is InChI=1S/C15H10N4O7/c16-11(21)9-5-18(15(25)17-12(9)22)6-10(20)26-19-13(23)7-3-1-2-4-8(7)14(19)24/h1-5H,6H2,(H2,16,21)(H,17,22,25). The molecular weight excluding hydrogens is 348 g/mol. The second-order valence-electron chi connectivity index (χ2n) is 5.21. The van der Waals surface area contributed by atoms with Crippen LogP contribution in [0.2, 0.25) is 0 Å². The van der Waals surface area contributed by atoms with E-state index in [0.717, 1.165) is 6.20 Å². The lowest BCUT2D eigenvalue weighted by molar-refractivity contribution is -0.169. The Balaban J connectivity index is 1.81. The van der Waals surface area contributed by atoms with Crippen molar-refractivity contribution in [3.05, 3.63) is 68.0 Å². The molecule has 132 valence electrons. The van der Waals surface area contributed by atoms with Gasteiger partial charge in [-0.2, -0.15) is 0 Å². The van der Waals surface area contributed by atoms with Gasteiger partial charge in [0.05, 0.1) is 11.1 Å². The van der Waals surface area contributed by atoms with Crippen LogP contribution in [0.4, 0.5) is 0 Å². The lowest BCUT2D eigenvalue weighted by Crippen LogP contribution is -2.39. The number of aromatic nitrogens is 2. The van der Waals surface area contributed by atoms with Gasteiger partial charge in [0.25, 0.3) is 23.3 Å². The number of primary amides is 1. The molecule has 0 aliphatic carbocycles. The van der Waals surface area contributed by atoms with Crippen LogP contribution in [0.25, 0.3) is 0 Å². The van der Waals surface area contributed by atoms with Crippen LogP contribution in [0.3, 0.4) is 0 Å². The van der Waals surface area contributed by atoms with Gasteiger partial charge in [0, 0.05) is 6.20 Å².